The minimum absolute atomic E-state index is 0.155. The third-order valence-corrected chi connectivity index (χ3v) is 5.57. The Morgan fingerprint density at radius 1 is 1.28 bits per heavy atom. The molecular weight excluding hydrogens is 346 g/mol. The van der Waals surface area contributed by atoms with Crippen LogP contribution < -0.4 is 16.8 Å². The van der Waals surface area contributed by atoms with Gasteiger partial charge in [0, 0.05) is 5.75 Å². The second-order valence-electron chi connectivity index (χ2n) is 6.92. The van der Waals surface area contributed by atoms with Crippen molar-refractivity contribution >= 4 is 29.6 Å². The second-order valence-corrected chi connectivity index (χ2v) is 8.07. The molecule has 0 spiro atoms. The Bertz CT molecular complexity index is 564. The van der Waals surface area contributed by atoms with Gasteiger partial charge in [-0.1, -0.05) is 19.9 Å². The minimum Gasteiger partial charge on any atom is -0.480 e. The normalized spacial score (nSPS) is 23.0. The summed E-state index contributed by atoms with van der Waals surface area (Å²) < 4.78 is 0. The summed E-state index contributed by atoms with van der Waals surface area (Å²) in [6, 6.07) is -0.867. The number of aliphatic carboxylic acids is 2. The van der Waals surface area contributed by atoms with Crippen molar-refractivity contribution in [2.45, 2.75) is 51.1 Å². The minimum atomic E-state index is -1.20. The number of unbranched alkanes of at least 4 members (excludes halogenated alkanes) is 2. The van der Waals surface area contributed by atoms with Crippen LogP contribution in [0.4, 0.5) is 0 Å². The third kappa shape index (κ3) is 6.02. The lowest BCUT2D eigenvalue weighted by Crippen LogP contribution is -2.46. The molecule has 0 aliphatic heterocycles. The molecule has 0 saturated heterocycles. The van der Waals surface area contributed by atoms with Crippen LogP contribution in [0.25, 0.3) is 0 Å². The molecule has 1 aliphatic carbocycles. The Morgan fingerprint density at radius 2 is 1.88 bits per heavy atom. The standard InChI is InChI=1S/C16H27N3O5S/c1-15(2)9-16(15,18)14(24)19-11(13(22)23)6-4-3-5-7-25-8-10(17)12(20)21/h6,10H,3-5,7-9,17-18H2,1-2H3,(H,19,24)(H,20,21)(H,22,23)/b11-6-/t10-,16-/m0/s1. The summed E-state index contributed by atoms with van der Waals surface area (Å²) >= 11 is 1.45. The average molecular weight is 373 g/mol. The molecule has 9 heteroatoms. The van der Waals surface area contributed by atoms with Gasteiger partial charge in [-0.25, -0.2) is 4.79 Å². The maximum Gasteiger partial charge on any atom is 0.352 e. The van der Waals surface area contributed by atoms with Gasteiger partial charge in [0.2, 0.25) is 5.91 Å². The van der Waals surface area contributed by atoms with Crippen LogP contribution in [0.3, 0.4) is 0 Å². The quantitative estimate of drug-likeness (QED) is 0.259. The fraction of sp³-hybridized carbons (Fsp3) is 0.688. The number of carboxylic acid groups (broad SMARTS) is 2. The van der Waals surface area contributed by atoms with Crippen LogP contribution >= 0.6 is 11.8 Å². The molecule has 0 unspecified atom stereocenters. The number of thioether (sulfide) groups is 1. The third-order valence-electron chi connectivity index (χ3n) is 4.39. The highest BCUT2D eigenvalue weighted by Gasteiger charge is 2.63. The van der Waals surface area contributed by atoms with E-state index in [0.717, 1.165) is 18.6 Å². The van der Waals surface area contributed by atoms with Crippen LogP contribution in [0.2, 0.25) is 0 Å². The number of hydrogen-bond donors (Lipinski definition) is 5. The number of carbonyl (C=O) groups excluding carboxylic acids is 1. The molecule has 0 radical (unpaired) electrons. The molecule has 8 nitrogen and oxygen atoms in total. The SMILES string of the molecule is CC1(C)C[C@]1(N)C(=O)N/C(=C\CCCCSC[C@H](N)C(=O)O)C(=O)O. The molecule has 1 fully saturated rings. The van der Waals surface area contributed by atoms with Gasteiger partial charge in [-0.15, -0.1) is 0 Å². The molecule has 2 atom stereocenters. The molecule has 1 rings (SSSR count). The van der Waals surface area contributed by atoms with E-state index < -0.39 is 29.4 Å². The number of hydrogen-bond acceptors (Lipinski definition) is 6. The van der Waals surface area contributed by atoms with Gasteiger partial charge in [0.05, 0.1) is 0 Å². The van der Waals surface area contributed by atoms with E-state index in [9.17, 15) is 19.5 Å². The van der Waals surface area contributed by atoms with Crippen LogP contribution in [0.5, 0.6) is 0 Å². The summed E-state index contributed by atoms with van der Waals surface area (Å²) in [5.74, 6) is -1.60. The average Bonchev–Trinajstić information content (AvgIpc) is 3.03. The lowest BCUT2D eigenvalue weighted by molar-refractivity contribution is -0.138. The lowest BCUT2D eigenvalue weighted by atomic mass is 10.0. The van der Waals surface area contributed by atoms with Crippen molar-refractivity contribution in [2.24, 2.45) is 16.9 Å². The van der Waals surface area contributed by atoms with Crippen molar-refractivity contribution in [1.82, 2.24) is 5.32 Å². The summed E-state index contributed by atoms with van der Waals surface area (Å²) in [5.41, 5.74) is 9.88. The number of amides is 1. The zero-order valence-electron chi connectivity index (χ0n) is 14.6. The molecular formula is C16H27N3O5S. The highest BCUT2D eigenvalue weighted by atomic mass is 32.2. The second kappa shape index (κ2) is 8.68. The van der Waals surface area contributed by atoms with E-state index in [0.29, 0.717) is 18.6 Å². The first-order valence-corrected chi connectivity index (χ1v) is 9.26. The van der Waals surface area contributed by atoms with Gasteiger partial charge in [0.15, 0.2) is 0 Å². The molecule has 0 aromatic carbocycles. The van der Waals surface area contributed by atoms with E-state index in [-0.39, 0.29) is 11.1 Å². The van der Waals surface area contributed by atoms with E-state index in [1.807, 2.05) is 13.8 Å². The summed E-state index contributed by atoms with van der Waals surface area (Å²) in [7, 11) is 0. The van der Waals surface area contributed by atoms with Crippen molar-refractivity contribution in [3.05, 3.63) is 11.8 Å². The largest absolute Gasteiger partial charge is 0.480 e. The predicted molar refractivity (Wildman–Crippen MR) is 96.0 cm³/mol. The number of rotatable bonds is 11. The molecule has 1 saturated carbocycles. The summed E-state index contributed by atoms with van der Waals surface area (Å²) in [5, 5.41) is 20.3. The molecule has 0 aromatic heterocycles. The first-order valence-electron chi connectivity index (χ1n) is 8.11. The van der Waals surface area contributed by atoms with Gasteiger partial charge in [-0.2, -0.15) is 11.8 Å². The first kappa shape index (κ1) is 21.5. The van der Waals surface area contributed by atoms with Crippen LogP contribution in [-0.4, -0.2) is 51.1 Å². The lowest BCUT2D eigenvalue weighted by Gasteiger charge is -2.15. The predicted octanol–water partition coefficient (Wildman–Crippen LogP) is 0.514. The highest BCUT2D eigenvalue weighted by Crippen LogP contribution is 2.53. The van der Waals surface area contributed by atoms with Gasteiger partial charge < -0.3 is 27.0 Å². The van der Waals surface area contributed by atoms with E-state index >= 15 is 0 Å². The van der Waals surface area contributed by atoms with Crippen LogP contribution in [-0.2, 0) is 14.4 Å². The van der Waals surface area contributed by atoms with Crippen LogP contribution in [0, 0.1) is 5.41 Å². The maximum absolute atomic E-state index is 12.1. The van der Waals surface area contributed by atoms with E-state index in [1.165, 1.54) is 17.8 Å². The van der Waals surface area contributed by atoms with Gasteiger partial charge in [0.1, 0.15) is 17.3 Å². The smallest absolute Gasteiger partial charge is 0.352 e. The number of nitrogens with one attached hydrogen (secondary N) is 1. The van der Waals surface area contributed by atoms with Crippen molar-refractivity contribution in [1.29, 1.82) is 0 Å². The number of carboxylic acids is 2. The van der Waals surface area contributed by atoms with Crippen molar-refractivity contribution in [2.75, 3.05) is 11.5 Å². The summed E-state index contributed by atoms with van der Waals surface area (Å²) in [6.07, 6.45) is 4.01. The van der Waals surface area contributed by atoms with Crippen LogP contribution in [0.15, 0.2) is 11.8 Å². The summed E-state index contributed by atoms with van der Waals surface area (Å²) in [4.78, 5) is 34.0. The van der Waals surface area contributed by atoms with Gasteiger partial charge >= 0.3 is 11.9 Å². The van der Waals surface area contributed by atoms with Crippen LogP contribution in [0.1, 0.15) is 39.5 Å². The number of nitrogens with two attached hydrogens (primary N) is 2. The topological polar surface area (TPSA) is 156 Å². The molecule has 0 heterocycles. The van der Waals surface area contributed by atoms with E-state index in [1.54, 1.807) is 0 Å². The summed E-state index contributed by atoms with van der Waals surface area (Å²) in [6.45, 7) is 3.73. The molecule has 1 amide bonds. The first-order chi connectivity index (χ1) is 11.5. The molecule has 0 aromatic rings. The van der Waals surface area contributed by atoms with E-state index in [2.05, 4.69) is 5.32 Å². The number of allylic oxidation sites excluding steroid dienone is 1. The molecule has 7 N–H and O–H groups in total. The fourth-order valence-electron chi connectivity index (χ4n) is 2.34. The molecule has 1 aliphatic rings. The fourth-order valence-corrected chi connectivity index (χ4v) is 3.31. The zero-order valence-corrected chi connectivity index (χ0v) is 15.4. The van der Waals surface area contributed by atoms with Gasteiger partial charge in [-0.3, -0.25) is 9.59 Å². The molecule has 25 heavy (non-hydrogen) atoms. The Morgan fingerprint density at radius 3 is 2.36 bits per heavy atom. The number of carbonyl (C=O) groups is 3. The Labute approximate surface area is 151 Å². The van der Waals surface area contributed by atoms with Crippen molar-refractivity contribution in [3.63, 3.8) is 0 Å². The molecule has 0 bridgehead atoms. The highest BCUT2D eigenvalue weighted by molar-refractivity contribution is 7.99. The molecule has 142 valence electrons. The van der Waals surface area contributed by atoms with E-state index in [4.69, 9.17) is 16.6 Å². The van der Waals surface area contributed by atoms with Gasteiger partial charge in [0.25, 0.3) is 0 Å². The monoisotopic (exact) mass is 373 g/mol. The Kier molecular flexibility index (Phi) is 7.45. The Balaban J connectivity index is 2.34. The van der Waals surface area contributed by atoms with Crippen molar-refractivity contribution in [3.8, 4) is 0 Å². The maximum atomic E-state index is 12.1. The zero-order chi connectivity index (χ0) is 19.3. The Hall–Kier alpha value is -1.58. The van der Waals surface area contributed by atoms with Gasteiger partial charge in [-0.05, 0) is 36.9 Å². The van der Waals surface area contributed by atoms with Crippen molar-refractivity contribution < 1.29 is 24.6 Å².